The van der Waals surface area contributed by atoms with Crippen molar-refractivity contribution in [3.63, 3.8) is 0 Å². The largest absolute Gasteiger partial charge is 0.494 e. The quantitative estimate of drug-likeness (QED) is 0.830. The van der Waals surface area contributed by atoms with Gasteiger partial charge in [0.25, 0.3) is 5.91 Å². The van der Waals surface area contributed by atoms with Crippen molar-refractivity contribution in [2.24, 2.45) is 0 Å². The van der Waals surface area contributed by atoms with Crippen LogP contribution in [0.15, 0.2) is 42.5 Å². The lowest BCUT2D eigenvalue weighted by Gasteiger charge is -2.17. The number of amides is 1. The van der Waals surface area contributed by atoms with Gasteiger partial charge in [0.1, 0.15) is 5.75 Å². The first-order valence-electron chi connectivity index (χ1n) is 7.50. The summed E-state index contributed by atoms with van der Waals surface area (Å²) in [5.74, 6) is 0.328. The van der Waals surface area contributed by atoms with Crippen molar-refractivity contribution in [3.05, 3.63) is 53.1 Å². The van der Waals surface area contributed by atoms with Gasteiger partial charge >= 0.3 is 0 Å². The van der Waals surface area contributed by atoms with E-state index >= 15 is 0 Å². The highest BCUT2D eigenvalue weighted by Gasteiger charge is 2.16. The maximum Gasteiger partial charge on any atom is 0.257 e. The first-order chi connectivity index (χ1) is 11.7. The van der Waals surface area contributed by atoms with Crippen LogP contribution in [0.25, 0.3) is 0 Å². The summed E-state index contributed by atoms with van der Waals surface area (Å²) in [5.41, 5.74) is 1.23. The highest BCUT2D eigenvalue weighted by Crippen LogP contribution is 2.25. The molecule has 0 saturated carbocycles. The molecular weight excluding hydrogens is 364 g/mol. The Kier molecular flexibility index (Phi) is 5.92. The minimum absolute atomic E-state index is 0.163. The van der Waals surface area contributed by atoms with E-state index in [2.05, 4.69) is 5.32 Å². The molecule has 0 unspecified atom stereocenters. The molecule has 0 aliphatic carbocycles. The summed E-state index contributed by atoms with van der Waals surface area (Å²) in [6.45, 7) is 2.46. The number of halogens is 1. The minimum atomic E-state index is -3.40. The van der Waals surface area contributed by atoms with E-state index in [1.165, 1.54) is 25.2 Å². The second-order valence-electron chi connectivity index (χ2n) is 5.31. The van der Waals surface area contributed by atoms with E-state index in [4.69, 9.17) is 16.3 Å². The number of ether oxygens (including phenoxy) is 1. The smallest absolute Gasteiger partial charge is 0.257 e. The number of carbonyl (C=O) groups excluding carboxylic acids is 1. The molecule has 0 aliphatic rings. The van der Waals surface area contributed by atoms with Crippen LogP contribution < -0.4 is 14.4 Å². The molecule has 0 bridgehead atoms. The van der Waals surface area contributed by atoms with E-state index in [0.29, 0.717) is 23.7 Å². The van der Waals surface area contributed by atoms with Gasteiger partial charge in [-0.15, -0.1) is 0 Å². The molecule has 25 heavy (non-hydrogen) atoms. The molecule has 6 nitrogen and oxygen atoms in total. The standard InChI is InChI=1S/C17H19ClN2O4S/c1-4-24-14-8-5-12(6-9-14)19-17(21)15-10-7-13(11-16(15)18)20(2)25(3,22)23/h5-11H,4H2,1-3H3,(H,19,21). The van der Waals surface area contributed by atoms with Crippen molar-refractivity contribution < 1.29 is 17.9 Å². The molecule has 0 heterocycles. The SMILES string of the molecule is CCOc1ccc(NC(=O)c2ccc(N(C)S(C)(=O)=O)cc2Cl)cc1. The molecule has 1 N–H and O–H groups in total. The Hall–Kier alpha value is -2.25. The number of carbonyl (C=O) groups is 1. The van der Waals surface area contributed by atoms with E-state index in [1.807, 2.05) is 6.92 Å². The van der Waals surface area contributed by atoms with Crippen LogP contribution in [0.2, 0.25) is 5.02 Å². The summed E-state index contributed by atoms with van der Waals surface area (Å²) in [5, 5.41) is 2.90. The fraction of sp³-hybridized carbons (Fsp3) is 0.235. The third-order valence-corrected chi connectivity index (χ3v) is 5.00. The number of nitrogens with zero attached hydrogens (tertiary/aromatic N) is 1. The van der Waals surface area contributed by atoms with E-state index < -0.39 is 10.0 Å². The van der Waals surface area contributed by atoms with E-state index in [9.17, 15) is 13.2 Å². The topological polar surface area (TPSA) is 75.7 Å². The van der Waals surface area contributed by atoms with Crippen LogP contribution in [0.4, 0.5) is 11.4 Å². The summed E-state index contributed by atoms with van der Waals surface area (Å²) in [6.07, 6.45) is 1.09. The molecule has 0 radical (unpaired) electrons. The predicted octanol–water partition coefficient (Wildman–Crippen LogP) is 3.39. The van der Waals surface area contributed by atoms with Gasteiger partial charge in [0, 0.05) is 12.7 Å². The molecule has 2 aromatic carbocycles. The first kappa shape index (κ1) is 19.1. The van der Waals surface area contributed by atoms with Gasteiger partial charge in [-0.2, -0.15) is 0 Å². The van der Waals surface area contributed by atoms with Crippen LogP contribution >= 0.6 is 11.6 Å². The van der Waals surface area contributed by atoms with Crippen molar-refractivity contribution in [1.82, 2.24) is 0 Å². The zero-order valence-electron chi connectivity index (χ0n) is 14.1. The molecule has 0 saturated heterocycles. The number of rotatable bonds is 6. The molecule has 8 heteroatoms. The third-order valence-electron chi connectivity index (χ3n) is 3.48. The molecule has 1 amide bonds. The van der Waals surface area contributed by atoms with E-state index in [0.717, 1.165) is 10.6 Å². The van der Waals surface area contributed by atoms with Crippen LogP contribution in [-0.4, -0.2) is 34.2 Å². The van der Waals surface area contributed by atoms with Crippen LogP contribution in [0.5, 0.6) is 5.75 Å². The fourth-order valence-electron chi connectivity index (χ4n) is 2.08. The Morgan fingerprint density at radius 2 is 1.84 bits per heavy atom. The summed E-state index contributed by atoms with van der Waals surface area (Å²) >= 11 is 6.15. The van der Waals surface area contributed by atoms with Gasteiger partial charge in [0.05, 0.1) is 29.1 Å². The monoisotopic (exact) mass is 382 g/mol. The van der Waals surface area contributed by atoms with E-state index in [-0.39, 0.29) is 16.5 Å². The second kappa shape index (κ2) is 7.76. The van der Waals surface area contributed by atoms with Gasteiger partial charge < -0.3 is 10.1 Å². The zero-order valence-corrected chi connectivity index (χ0v) is 15.7. The van der Waals surface area contributed by atoms with E-state index in [1.54, 1.807) is 24.3 Å². The summed E-state index contributed by atoms with van der Waals surface area (Å²) in [7, 11) is -1.98. The molecule has 2 aromatic rings. The first-order valence-corrected chi connectivity index (χ1v) is 9.72. The fourth-order valence-corrected chi connectivity index (χ4v) is 2.83. The molecule has 2 rings (SSSR count). The number of hydrogen-bond donors (Lipinski definition) is 1. The average molecular weight is 383 g/mol. The lowest BCUT2D eigenvalue weighted by Crippen LogP contribution is -2.25. The summed E-state index contributed by atoms with van der Waals surface area (Å²) < 4.78 is 29.6. The molecule has 0 spiro atoms. The molecule has 0 aliphatic heterocycles. The van der Waals surface area contributed by atoms with Crippen molar-refractivity contribution in [2.75, 3.05) is 29.5 Å². The Bertz CT molecular complexity index is 867. The lowest BCUT2D eigenvalue weighted by atomic mass is 10.2. The third kappa shape index (κ3) is 4.87. The number of nitrogens with one attached hydrogen (secondary N) is 1. The van der Waals surface area contributed by atoms with Crippen LogP contribution in [0.3, 0.4) is 0 Å². The Morgan fingerprint density at radius 1 is 1.20 bits per heavy atom. The van der Waals surface area contributed by atoms with Gasteiger partial charge in [-0.3, -0.25) is 9.10 Å². The number of anilines is 2. The van der Waals surface area contributed by atoms with Crippen LogP contribution in [-0.2, 0) is 10.0 Å². The Balaban J connectivity index is 2.16. The van der Waals surface area contributed by atoms with Crippen molar-refractivity contribution in [2.45, 2.75) is 6.92 Å². The molecule has 0 aromatic heterocycles. The Labute approximate surface area is 152 Å². The van der Waals surface area contributed by atoms with Crippen molar-refractivity contribution >= 4 is 38.9 Å². The molecule has 0 fully saturated rings. The minimum Gasteiger partial charge on any atom is -0.494 e. The highest BCUT2D eigenvalue weighted by molar-refractivity contribution is 7.92. The van der Waals surface area contributed by atoms with Gasteiger partial charge in [-0.1, -0.05) is 11.6 Å². The number of sulfonamides is 1. The van der Waals surface area contributed by atoms with Gasteiger partial charge in [-0.05, 0) is 49.4 Å². The molecule has 0 atom stereocenters. The predicted molar refractivity (Wildman–Crippen MR) is 100 cm³/mol. The van der Waals surface area contributed by atoms with Gasteiger partial charge in [0.15, 0.2) is 0 Å². The van der Waals surface area contributed by atoms with Crippen molar-refractivity contribution in [1.29, 1.82) is 0 Å². The summed E-state index contributed by atoms with van der Waals surface area (Å²) in [4.78, 5) is 12.4. The Morgan fingerprint density at radius 3 is 2.36 bits per heavy atom. The van der Waals surface area contributed by atoms with Crippen LogP contribution in [0.1, 0.15) is 17.3 Å². The number of benzene rings is 2. The second-order valence-corrected chi connectivity index (χ2v) is 7.73. The maximum absolute atomic E-state index is 12.4. The maximum atomic E-state index is 12.4. The van der Waals surface area contributed by atoms with Crippen molar-refractivity contribution in [3.8, 4) is 5.75 Å². The molecule has 134 valence electrons. The summed E-state index contributed by atoms with van der Waals surface area (Å²) in [6, 6.07) is 11.4. The molecular formula is C17H19ClN2O4S. The lowest BCUT2D eigenvalue weighted by molar-refractivity contribution is 0.102. The van der Waals surface area contributed by atoms with Gasteiger partial charge in [0.2, 0.25) is 10.0 Å². The average Bonchev–Trinajstić information content (AvgIpc) is 2.55. The number of hydrogen-bond acceptors (Lipinski definition) is 4. The highest BCUT2D eigenvalue weighted by atomic mass is 35.5. The van der Waals surface area contributed by atoms with Crippen LogP contribution in [0, 0.1) is 0 Å². The van der Waals surface area contributed by atoms with Gasteiger partial charge in [-0.25, -0.2) is 8.42 Å². The normalized spacial score (nSPS) is 11.0. The zero-order chi connectivity index (χ0) is 18.6.